The van der Waals surface area contributed by atoms with E-state index in [2.05, 4.69) is 4.72 Å². The number of hydrogen-bond donors (Lipinski definition) is 1. The van der Waals surface area contributed by atoms with Crippen LogP contribution in [0, 0.1) is 13.8 Å². The smallest absolute Gasteiger partial charge is 0.294 e. The Balaban J connectivity index is 1.63. The maximum atomic E-state index is 13.0. The molecule has 0 saturated heterocycles. The summed E-state index contributed by atoms with van der Waals surface area (Å²) in [6.07, 6.45) is 0. The van der Waals surface area contributed by atoms with E-state index in [0.29, 0.717) is 21.8 Å². The molecule has 1 atom stereocenters. The molecule has 0 radical (unpaired) electrons. The first kappa shape index (κ1) is 22.7. The molecule has 8 heteroatoms. The summed E-state index contributed by atoms with van der Waals surface area (Å²) in [5.74, 6) is 0. The molecule has 4 aromatic rings. The highest BCUT2D eigenvalue weighted by Gasteiger charge is 2.21. The van der Waals surface area contributed by atoms with E-state index in [9.17, 15) is 13.2 Å². The zero-order chi connectivity index (χ0) is 23.0. The Morgan fingerprint density at radius 3 is 2.44 bits per heavy atom. The Labute approximate surface area is 196 Å². The third-order valence-corrected chi connectivity index (χ3v) is 8.16. The van der Waals surface area contributed by atoms with Crippen LogP contribution < -0.4 is 9.60 Å². The highest BCUT2D eigenvalue weighted by molar-refractivity contribution is 7.89. The summed E-state index contributed by atoms with van der Waals surface area (Å²) in [6.45, 7) is 6.20. The van der Waals surface area contributed by atoms with Crippen LogP contribution in [0.3, 0.4) is 0 Å². The van der Waals surface area contributed by atoms with Crippen LogP contribution in [0.25, 0.3) is 10.2 Å². The van der Waals surface area contributed by atoms with E-state index in [1.807, 2.05) is 51.1 Å². The van der Waals surface area contributed by atoms with Gasteiger partial charge in [-0.05, 0) is 67.8 Å². The van der Waals surface area contributed by atoms with Crippen LogP contribution in [0.2, 0.25) is 5.02 Å². The van der Waals surface area contributed by atoms with Crippen molar-refractivity contribution in [1.82, 2.24) is 9.29 Å². The van der Waals surface area contributed by atoms with Gasteiger partial charge in [-0.2, -0.15) is 0 Å². The highest BCUT2D eigenvalue weighted by atomic mass is 35.5. The van der Waals surface area contributed by atoms with E-state index < -0.39 is 10.0 Å². The van der Waals surface area contributed by atoms with Gasteiger partial charge in [0.05, 0.1) is 21.7 Å². The second-order valence-corrected chi connectivity index (χ2v) is 11.1. The Hall–Kier alpha value is -2.45. The summed E-state index contributed by atoms with van der Waals surface area (Å²) >= 11 is 6.98. The number of fused-ring (bicyclic) bond motifs is 1. The van der Waals surface area contributed by atoms with Gasteiger partial charge in [0.2, 0.25) is 10.0 Å². The second-order valence-electron chi connectivity index (χ2n) is 7.91. The largest absolute Gasteiger partial charge is 0.308 e. The zero-order valence-corrected chi connectivity index (χ0v) is 20.3. The number of halogens is 1. The lowest BCUT2D eigenvalue weighted by molar-refractivity contribution is 0.566. The summed E-state index contributed by atoms with van der Waals surface area (Å²) < 4.78 is 31.1. The summed E-state index contributed by atoms with van der Waals surface area (Å²) in [5, 5.41) is 0.633. The molecule has 0 aliphatic carbocycles. The summed E-state index contributed by atoms with van der Waals surface area (Å²) in [5.41, 5.74) is 4.74. The fourth-order valence-corrected chi connectivity index (χ4v) is 6.19. The molecule has 0 aliphatic heterocycles. The maximum absolute atomic E-state index is 13.0. The van der Waals surface area contributed by atoms with Gasteiger partial charge in [0, 0.05) is 11.1 Å². The van der Waals surface area contributed by atoms with Crippen LogP contribution in [-0.4, -0.2) is 13.0 Å². The zero-order valence-electron chi connectivity index (χ0n) is 17.9. The Morgan fingerprint density at radius 1 is 1.03 bits per heavy atom. The van der Waals surface area contributed by atoms with Gasteiger partial charge >= 0.3 is 4.87 Å². The van der Waals surface area contributed by atoms with Gasteiger partial charge in [0.15, 0.2) is 0 Å². The van der Waals surface area contributed by atoms with Crippen molar-refractivity contribution in [3.63, 3.8) is 0 Å². The molecule has 1 heterocycles. The van der Waals surface area contributed by atoms with Crippen molar-refractivity contribution in [2.75, 3.05) is 0 Å². The number of rotatable bonds is 6. The minimum atomic E-state index is -3.76. The summed E-state index contributed by atoms with van der Waals surface area (Å²) in [7, 11) is -3.76. The van der Waals surface area contributed by atoms with Crippen molar-refractivity contribution < 1.29 is 8.42 Å². The number of aryl methyl sites for hydroxylation is 2. The number of sulfonamides is 1. The summed E-state index contributed by atoms with van der Waals surface area (Å²) in [4.78, 5) is 12.6. The predicted octanol–water partition coefficient (Wildman–Crippen LogP) is 5.42. The molecule has 1 aromatic heterocycles. The molecular formula is C24H23ClN2O3S2. The molecule has 5 nitrogen and oxygen atoms in total. The van der Waals surface area contributed by atoms with E-state index >= 15 is 0 Å². The molecule has 0 fully saturated rings. The van der Waals surface area contributed by atoms with Gasteiger partial charge in [0.1, 0.15) is 0 Å². The van der Waals surface area contributed by atoms with Crippen molar-refractivity contribution in [2.45, 2.75) is 38.3 Å². The average Bonchev–Trinajstić information content (AvgIpc) is 3.03. The lowest BCUT2D eigenvalue weighted by Gasteiger charge is -2.17. The SMILES string of the molecule is Cc1ccc(C(C)NS(=O)(=O)c2ccc3c(c2)sc(=O)n3Cc2ccc(Cl)cc2)c(C)c1. The first-order valence-corrected chi connectivity index (χ1v) is 12.8. The van der Waals surface area contributed by atoms with Crippen molar-refractivity contribution in [1.29, 1.82) is 0 Å². The molecule has 0 bridgehead atoms. The topological polar surface area (TPSA) is 68.2 Å². The third-order valence-electron chi connectivity index (χ3n) is 5.43. The first-order valence-electron chi connectivity index (χ1n) is 10.1. The van der Waals surface area contributed by atoms with Gasteiger partial charge in [-0.15, -0.1) is 0 Å². The molecule has 0 saturated carbocycles. The lowest BCUT2D eigenvalue weighted by Crippen LogP contribution is -2.27. The molecule has 4 rings (SSSR count). The first-order chi connectivity index (χ1) is 15.1. The van der Waals surface area contributed by atoms with Gasteiger partial charge in [-0.25, -0.2) is 13.1 Å². The molecule has 0 amide bonds. The lowest BCUT2D eigenvalue weighted by atomic mass is 10.0. The van der Waals surface area contributed by atoms with Crippen molar-refractivity contribution in [2.24, 2.45) is 0 Å². The monoisotopic (exact) mass is 486 g/mol. The van der Waals surface area contributed by atoms with Gasteiger partial charge in [0.25, 0.3) is 0 Å². The number of nitrogens with one attached hydrogen (secondary N) is 1. The molecular weight excluding hydrogens is 464 g/mol. The van der Waals surface area contributed by atoms with E-state index in [-0.39, 0.29) is 15.8 Å². The number of nitrogens with zero attached hydrogens (tertiary/aromatic N) is 1. The van der Waals surface area contributed by atoms with E-state index in [4.69, 9.17) is 11.6 Å². The third kappa shape index (κ3) is 4.66. The second kappa shape index (κ2) is 8.83. The molecule has 1 unspecified atom stereocenters. The van der Waals surface area contributed by atoms with Crippen LogP contribution in [0.5, 0.6) is 0 Å². The highest BCUT2D eigenvalue weighted by Crippen LogP contribution is 2.25. The maximum Gasteiger partial charge on any atom is 0.308 e. The Morgan fingerprint density at radius 2 is 1.75 bits per heavy atom. The quantitative estimate of drug-likeness (QED) is 0.395. The normalized spacial score (nSPS) is 12.9. The number of hydrogen-bond acceptors (Lipinski definition) is 4. The van der Waals surface area contributed by atoms with E-state index in [1.54, 1.807) is 34.9 Å². The van der Waals surface area contributed by atoms with E-state index in [0.717, 1.165) is 33.6 Å². The minimum absolute atomic E-state index is 0.138. The van der Waals surface area contributed by atoms with Crippen LogP contribution in [0.1, 0.15) is 35.2 Å². The number of benzene rings is 3. The molecule has 1 N–H and O–H groups in total. The van der Waals surface area contributed by atoms with Gasteiger partial charge < -0.3 is 0 Å². The van der Waals surface area contributed by atoms with Crippen molar-refractivity contribution in [3.05, 3.63) is 97.6 Å². The van der Waals surface area contributed by atoms with Gasteiger partial charge in [-0.3, -0.25) is 9.36 Å². The van der Waals surface area contributed by atoms with Crippen molar-refractivity contribution >= 4 is 43.2 Å². The van der Waals surface area contributed by atoms with Crippen LogP contribution in [0.15, 0.2) is 70.4 Å². The molecule has 166 valence electrons. The Kier molecular flexibility index (Phi) is 6.27. The van der Waals surface area contributed by atoms with Crippen LogP contribution >= 0.6 is 22.9 Å². The van der Waals surface area contributed by atoms with Crippen LogP contribution in [0.4, 0.5) is 0 Å². The van der Waals surface area contributed by atoms with Gasteiger partial charge in [-0.1, -0.05) is 58.8 Å². The number of aromatic nitrogens is 1. The molecule has 3 aromatic carbocycles. The molecule has 0 aliphatic rings. The average molecular weight is 487 g/mol. The fourth-order valence-electron chi connectivity index (χ4n) is 3.81. The molecule has 0 spiro atoms. The summed E-state index contributed by atoms with van der Waals surface area (Å²) in [6, 6.07) is 17.7. The van der Waals surface area contributed by atoms with Crippen LogP contribution in [-0.2, 0) is 16.6 Å². The Bertz CT molecular complexity index is 1460. The van der Waals surface area contributed by atoms with E-state index in [1.165, 1.54) is 0 Å². The van der Waals surface area contributed by atoms with Crippen molar-refractivity contribution in [3.8, 4) is 0 Å². The fraction of sp³-hybridized carbons (Fsp3) is 0.208. The minimum Gasteiger partial charge on any atom is -0.294 e. The predicted molar refractivity (Wildman–Crippen MR) is 131 cm³/mol. The standard InChI is InChI=1S/C24H23ClN2O3S2/c1-15-4-10-21(16(2)12-15)17(3)26-32(29,30)20-9-11-22-23(13-20)31-24(28)27(22)14-18-5-7-19(25)8-6-18/h4-13,17,26H,14H2,1-3H3. The number of thiazole rings is 1. The molecule has 32 heavy (non-hydrogen) atoms.